The summed E-state index contributed by atoms with van der Waals surface area (Å²) in [7, 11) is 0. The van der Waals surface area contributed by atoms with Gasteiger partial charge in [0.1, 0.15) is 0 Å². The van der Waals surface area contributed by atoms with E-state index in [1.807, 2.05) is 116 Å². The van der Waals surface area contributed by atoms with Gasteiger partial charge < -0.3 is 5.32 Å². The molecule has 172 valence electrons. The van der Waals surface area contributed by atoms with Gasteiger partial charge in [0.05, 0.1) is 21.8 Å². The first kappa shape index (κ1) is 22.5. The fraction of sp³-hybridized carbons (Fsp3) is 0.0690. The SMILES string of the molecule is CC1=C(C(=O)Nc2ccccc2)[C@H](c2ccccc2)n2c(s/c(=C/C=C\c3ccccc3)c2=O)=N1. The number of carbonyl (C=O) groups is 1. The molecule has 5 rings (SSSR count). The summed E-state index contributed by atoms with van der Waals surface area (Å²) in [5.74, 6) is -0.274. The third-order valence-corrected chi connectivity index (χ3v) is 6.75. The van der Waals surface area contributed by atoms with Crippen LogP contribution in [0.2, 0.25) is 0 Å². The fourth-order valence-corrected chi connectivity index (χ4v) is 5.11. The van der Waals surface area contributed by atoms with Crippen LogP contribution < -0.4 is 20.2 Å². The van der Waals surface area contributed by atoms with Crippen LogP contribution in [-0.2, 0) is 4.79 Å². The Kier molecular flexibility index (Phi) is 6.37. The molecule has 2 heterocycles. The Labute approximate surface area is 206 Å². The van der Waals surface area contributed by atoms with Crippen molar-refractivity contribution in [1.82, 2.24) is 4.57 Å². The van der Waals surface area contributed by atoms with Gasteiger partial charge in [-0.25, -0.2) is 4.99 Å². The van der Waals surface area contributed by atoms with Crippen LogP contribution in [0.15, 0.2) is 118 Å². The zero-order valence-electron chi connectivity index (χ0n) is 19.1. The standard InChI is InChI=1S/C29H23N3O2S/c1-20-25(27(33)31-23-17-9-4-10-18-23)26(22-15-7-3-8-16-22)32-28(34)24(35-29(32)30-20)19-11-14-21-12-5-2-6-13-21/h2-19,26H,1H3,(H,31,33)/b14-11-,24-19+/t26-/m0/s1. The van der Waals surface area contributed by atoms with E-state index in [4.69, 9.17) is 0 Å². The minimum Gasteiger partial charge on any atom is -0.322 e. The van der Waals surface area contributed by atoms with Crippen molar-refractivity contribution in [3.63, 3.8) is 0 Å². The average Bonchev–Trinajstić information content (AvgIpc) is 3.19. The van der Waals surface area contributed by atoms with Crippen LogP contribution in [0.25, 0.3) is 12.2 Å². The van der Waals surface area contributed by atoms with Gasteiger partial charge in [0.15, 0.2) is 4.80 Å². The normalized spacial score (nSPS) is 15.7. The fourth-order valence-electron chi connectivity index (χ4n) is 4.11. The Hall–Kier alpha value is -4.29. The lowest BCUT2D eigenvalue weighted by atomic mass is 9.95. The summed E-state index contributed by atoms with van der Waals surface area (Å²) in [5, 5.41) is 2.96. The van der Waals surface area contributed by atoms with E-state index in [0.29, 0.717) is 26.3 Å². The Bertz CT molecular complexity index is 1600. The van der Waals surface area contributed by atoms with Crippen molar-refractivity contribution in [3.8, 4) is 0 Å². The number of amides is 1. The van der Waals surface area contributed by atoms with Crippen LogP contribution in [-0.4, -0.2) is 10.5 Å². The summed E-state index contributed by atoms with van der Waals surface area (Å²) in [4.78, 5) is 32.3. The van der Waals surface area contributed by atoms with Crippen molar-refractivity contribution < 1.29 is 4.79 Å². The van der Waals surface area contributed by atoms with Crippen LogP contribution in [0, 0.1) is 0 Å². The summed E-state index contributed by atoms with van der Waals surface area (Å²) < 4.78 is 2.20. The molecule has 1 aliphatic heterocycles. The number of hydrogen-bond donors (Lipinski definition) is 1. The Morgan fingerprint density at radius 2 is 1.57 bits per heavy atom. The molecule has 6 heteroatoms. The Morgan fingerprint density at radius 1 is 0.943 bits per heavy atom. The highest BCUT2D eigenvalue weighted by atomic mass is 32.1. The van der Waals surface area contributed by atoms with Gasteiger partial charge in [-0.15, -0.1) is 0 Å². The molecule has 1 atom stereocenters. The van der Waals surface area contributed by atoms with Gasteiger partial charge in [-0.1, -0.05) is 102 Å². The van der Waals surface area contributed by atoms with Crippen molar-refractivity contribution in [3.05, 3.63) is 139 Å². The number of carbonyl (C=O) groups excluding carboxylic acids is 1. The van der Waals surface area contributed by atoms with E-state index in [0.717, 1.165) is 11.1 Å². The number of benzene rings is 3. The molecule has 0 spiro atoms. The van der Waals surface area contributed by atoms with Crippen molar-refractivity contribution in [2.45, 2.75) is 13.0 Å². The molecular formula is C29H23N3O2S. The maximum atomic E-state index is 13.6. The molecule has 0 saturated heterocycles. The smallest absolute Gasteiger partial charge is 0.271 e. The predicted molar refractivity (Wildman–Crippen MR) is 142 cm³/mol. The van der Waals surface area contributed by atoms with Crippen LogP contribution in [0.4, 0.5) is 5.69 Å². The maximum absolute atomic E-state index is 13.6. The predicted octanol–water partition coefficient (Wildman–Crippen LogP) is 4.54. The monoisotopic (exact) mass is 477 g/mol. The molecule has 1 amide bonds. The second-order valence-corrected chi connectivity index (χ2v) is 9.11. The molecule has 1 aromatic heterocycles. The first-order valence-corrected chi connectivity index (χ1v) is 12.1. The van der Waals surface area contributed by atoms with Gasteiger partial charge in [0, 0.05) is 5.69 Å². The molecule has 0 saturated carbocycles. The van der Waals surface area contributed by atoms with Gasteiger partial charge in [0.2, 0.25) is 0 Å². The summed E-state index contributed by atoms with van der Waals surface area (Å²) in [6.45, 7) is 1.82. The lowest BCUT2D eigenvalue weighted by Gasteiger charge is -2.25. The number of hydrogen-bond acceptors (Lipinski definition) is 4. The number of nitrogens with one attached hydrogen (secondary N) is 1. The highest BCUT2D eigenvalue weighted by Crippen LogP contribution is 2.30. The molecule has 3 aromatic carbocycles. The second-order valence-electron chi connectivity index (χ2n) is 8.10. The van der Waals surface area contributed by atoms with Crippen LogP contribution >= 0.6 is 11.3 Å². The number of allylic oxidation sites excluding steroid dienone is 2. The number of fused-ring (bicyclic) bond motifs is 1. The highest BCUT2D eigenvalue weighted by molar-refractivity contribution is 7.07. The lowest BCUT2D eigenvalue weighted by Crippen LogP contribution is -2.40. The third-order valence-electron chi connectivity index (χ3n) is 5.75. The highest BCUT2D eigenvalue weighted by Gasteiger charge is 2.32. The average molecular weight is 478 g/mol. The first-order chi connectivity index (χ1) is 17.1. The van der Waals surface area contributed by atoms with Gasteiger partial charge in [-0.05, 0) is 36.3 Å². The number of thiazole rings is 1. The lowest BCUT2D eigenvalue weighted by molar-refractivity contribution is -0.113. The third kappa shape index (κ3) is 4.69. The zero-order chi connectivity index (χ0) is 24.2. The van der Waals surface area contributed by atoms with E-state index in [9.17, 15) is 9.59 Å². The zero-order valence-corrected chi connectivity index (χ0v) is 19.9. The summed E-state index contributed by atoms with van der Waals surface area (Å²) in [6, 6.07) is 28.2. The van der Waals surface area contributed by atoms with Crippen LogP contribution in [0.3, 0.4) is 0 Å². The Balaban J connectivity index is 1.60. The van der Waals surface area contributed by atoms with E-state index in [1.54, 1.807) is 4.57 Å². The number of aromatic nitrogens is 1. The van der Waals surface area contributed by atoms with Crippen LogP contribution in [0.5, 0.6) is 0 Å². The molecule has 1 aliphatic rings. The first-order valence-electron chi connectivity index (χ1n) is 11.3. The summed E-state index contributed by atoms with van der Waals surface area (Å²) >= 11 is 1.33. The van der Waals surface area contributed by atoms with Gasteiger partial charge >= 0.3 is 0 Å². The quantitative estimate of drug-likeness (QED) is 0.459. The summed E-state index contributed by atoms with van der Waals surface area (Å²) in [5.41, 5.74) is 3.48. The van der Waals surface area contributed by atoms with Gasteiger partial charge in [-0.2, -0.15) is 0 Å². The number of nitrogens with zero attached hydrogens (tertiary/aromatic N) is 2. The van der Waals surface area contributed by atoms with E-state index in [-0.39, 0.29) is 11.5 Å². The maximum Gasteiger partial charge on any atom is 0.271 e. The van der Waals surface area contributed by atoms with Gasteiger partial charge in [0.25, 0.3) is 11.5 Å². The largest absolute Gasteiger partial charge is 0.322 e. The van der Waals surface area contributed by atoms with Crippen molar-refractivity contribution >= 4 is 35.1 Å². The Morgan fingerprint density at radius 3 is 2.26 bits per heavy atom. The molecule has 0 fully saturated rings. The topological polar surface area (TPSA) is 63.5 Å². The molecule has 0 bridgehead atoms. The second kappa shape index (κ2) is 9.91. The number of anilines is 1. The molecule has 1 N–H and O–H groups in total. The molecule has 4 aromatic rings. The summed E-state index contributed by atoms with van der Waals surface area (Å²) in [6.07, 6.45) is 5.63. The van der Waals surface area contributed by atoms with Crippen molar-refractivity contribution in [2.24, 2.45) is 4.99 Å². The van der Waals surface area contributed by atoms with Crippen molar-refractivity contribution in [1.29, 1.82) is 0 Å². The molecular weight excluding hydrogens is 454 g/mol. The van der Waals surface area contributed by atoms with E-state index < -0.39 is 6.04 Å². The van der Waals surface area contributed by atoms with E-state index in [1.165, 1.54) is 11.3 Å². The van der Waals surface area contributed by atoms with Crippen LogP contribution in [0.1, 0.15) is 24.1 Å². The minimum atomic E-state index is -0.573. The number of para-hydroxylation sites is 1. The molecule has 0 aliphatic carbocycles. The van der Waals surface area contributed by atoms with E-state index >= 15 is 0 Å². The van der Waals surface area contributed by atoms with E-state index in [2.05, 4.69) is 10.3 Å². The molecule has 5 nitrogen and oxygen atoms in total. The van der Waals surface area contributed by atoms with Crippen molar-refractivity contribution in [2.75, 3.05) is 5.32 Å². The van der Waals surface area contributed by atoms with Gasteiger partial charge in [-0.3, -0.25) is 14.2 Å². The molecule has 0 radical (unpaired) electrons. The molecule has 35 heavy (non-hydrogen) atoms. The molecule has 0 unspecified atom stereocenters. The minimum absolute atomic E-state index is 0.169. The number of rotatable bonds is 5.